The third-order valence-electron chi connectivity index (χ3n) is 2.30. The molecule has 0 bridgehead atoms. The Kier molecular flexibility index (Phi) is 2.64. The summed E-state index contributed by atoms with van der Waals surface area (Å²) in [5.41, 5.74) is -0.467. The molecule has 1 rings (SSSR count). The van der Waals surface area contributed by atoms with Crippen LogP contribution in [0.2, 0.25) is 0 Å². The summed E-state index contributed by atoms with van der Waals surface area (Å²) in [4.78, 5) is 13.5. The molecule has 1 heterocycles. The summed E-state index contributed by atoms with van der Waals surface area (Å²) in [6.45, 7) is 10.5. The second kappa shape index (κ2) is 3.40. The van der Waals surface area contributed by atoms with Crippen LogP contribution in [0.25, 0.3) is 0 Å². The number of nitrogens with zero attached hydrogens (tertiary/aromatic N) is 1. The molecule has 1 N–H and O–H groups in total. The van der Waals surface area contributed by atoms with Crippen LogP contribution < -0.4 is 5.32 Å². The van der Waals surface area contributed by atoms with Gasteiger partial charge in [0, 0.05) is 6.54 Å². The monoisotopic (exact) mass is 182 g/mol. The van der Waals surface area contributed by atoms with Crippen LogP contribution in [-0.4, -0.2) is 22.9 Å². The Labute approximate surface area is 79.8 Å². The van der Waals surface area contributed by atoms with E-state index in [4.69, 9.17) is 0 Å². The standard InChI is InChI=1S/C10H18N2O/c1-5-6-7-12-8(2)11-10(3,4)9(12)13/h11H,2,5-7H2,1,3-4H3. The van der Waals surface area contributed by atoms with E-state index in [0.717, 1.165) is 25.2 Å². The van der Waals surface area contributed by atoms with Crippen LogP contribution in [0.15, 0.2) is 12.4 Å². The molecule has 3 heteroatoms. The normalized spacial score (nSPS) is 20.7. The first kappa shape index (κ1) is 10.1. The molecular formula is C10H18N2O. The van der Waals surface area contributed by atoms with Gasteiger partial charge in [0.05, 0.1) is 0 Å². The molecule has 1 aliphatic rings. The van der Waals surface area contributed by atoms with Crippen molar-refractivity contribution >= 4 is 5.91 Å². The molecule has 1 aliphatic heterocycles. The lowest BCUT2D eigenvalue weighted by Gasteiger charge is -2.16. The zero-order valence-corrected chi connectivity index (χ0v) is 8.68. The number of nitrogens with one attached hydrogen (secondary N) is 1. The van der Waals surface area contributed by atoms with E-state index in [1.54, 1.807) is 4.90 Å². The molecule has 0 aromatic carbocycles. The fourth-order valence-corrected chi connectivity index (χ4v) is 1.49. The number of rotatable bonds is 3. The van der Waals surface area contributed by atoms with E-state index < -0.39 is 5.54 Å². The van der Waals surface area contributed by atoms with Crippen molar-refractivity contribution < 1.29 is 4.79 Å². The van der Waals surface area contributed by atoms with Crippen LogP contribution in [0.5, 0.6) is 0 Å². The number of hydrogen-bond acceptors (Lipinski definition) is 2. The number of amides is 1. The quantitative estimate of drug-likeness (QED) is 0.716. The molecule has 3 nitrogen and oxygen atoms in total. The molecule has 0 aliphatic carbocycles. The highest BCUT2D eigenvalue weighted by Gasteiger charge is 2.40. The van der Waals surface area contributed by atoms with Gasteiger partial charge >= 0.3 is 0 Å². The third-order valence-corrected chi connectivity index (χ3v) is 2.30. The minimum atomic E-state index is -0.467. The average molecular weight is 182 g/mol. The Hall–Kier alpha value is -0.990. The molecular weight excluding hydrogens is 164 g/mol. The lowest BCUT2D eigenvalue weighted by atomic mass is 10.1. The van der Waals surface area contributed by atoms with Gasteiger partial charge in [0.2, 0.25) is 0 Å². The van der Waals surface area contributed by atoms with Crippen LogP contribution in [0, 0.1) is 0 Å². The maximum absolute atomic E-state index is 11.7. The summed E-state index contributed by atoms with van der Waals surface area (Å²) in [6, 6.07) is 0. The number of unbranched alkanes of at least 4 members (excludes halogenated alkanes) is 1. The van der Waals surface area contributed by atoms with Crippen molar-refractivity contribution in [3.63, 3.8) is 0 Å². The topological polar surface area (TPSA) is 32.3 Å². The Morgan fingerprint density at radius 3 is 2.54 bits per heavy atom. The van der Waals surface area contributed by atoms with Crippen molar-refractivity contribution in [3.8, 4) is 0 Å². The smallest absolute Gasteiger partial charge is 0.253 e. The first-order chi connectivity index (χ1) is 5.99. The van der Waals surface area contributed by atoms with E-state index in [1.165, 1.54) is 0 Å². The van der Waals surface area contributed by atoms with E-state index in [2.05, 4.69) is 18.8 Å². The summed E-state index contributed by atoms with van der Waals surface area (Å²) in [5, 5.41) is 3.08. The molecule has 0 aromatic heterocycles. The van der Waals surface area contributed by atoms with Gasteiger partial charge in [0.1, 0.15) is 11.4 Å². The van der Waals surface area contributed by atoms with Crippen molar-refractivity contribution in [2.24, 2.45) is 0 Å². The predicted octanol–water partition coefficient (Wildman–Crippen LogP) is 1.47. The Bertz CT molecular complexity index is 233. The molecule has 1 saturated heterocycles. The molecule has 0 unspecified atom stereocenters. The molecule has 0 spiro atoms. The zero-order valence-electron chi connectivity index (χ0n) is 8.68. The summed E-state index contributed by atoms with van der Waals surface area (Å²) in [5.74, 6) is 0.870. The van der Waals surface area contributed by atoms with Gasteiger partial charge in [-0.05, 0) is 20.3 Å². The molecule has 1 fully saturated rings. The van der Waals surface area contributed by atoms with E-state index in [9.17, 15) is 4.79 Å². The molecule has 0 atom stereocenters. The highest BCUT2D eigenvalue weighted by atomic mass is 16.2. The van der Waals surface area contributed by atoms with Gasteiger partial charge in [-0.15, -0.1) is 0 Å². The molecule has 1 amide bonds. The van der Waals surface area contributed by atoms with Crippen LogP contribution in [-0.2, 0) is 4.79 Å². The highest BCUT2D eigenvalue weighted by molar-refractivity contribution is 5.89. The van der Waals surface area contributed by atoms with Gasteiger partial charge in [0.25, 0.3) is 5.91 Å². The van der Waals surface area contributed by atoms with Crippen molar-refractivity contribution in [2.45, 2.75) is 39.2 Å². The lowest BCUT2D eigenvalue weighted by molar-refractivity contribution is -0.130. The maximum atomic E-state index is 11.7. The second-order valence-electron chi connectivity index (χ2n) is 4.01. The lowest BCUT2D eigenvalue weighted by Crippen LogP contribution is -2.40. The van der Waals surface area contributed by atoms with Gasteiger partial charge in [-0.3, -0.25) is 9.69 Å². The van der Waals surface area contributed by atoms with Gasteiger partial charge in [0.15, 0.2) is 0 Å². The molecule has 0 saturated carbocycles. The van der Waals surface area contributed by atoms with Crippen LogP contribution >= 0.6 is 0 Å². The van der Waals surface area contributed by atoms with Crippen LogP contribution in [0.4, 0.5) is 0 Å². The number of hydrogen-bond donors (Lipinski definition) is 1. The highest BCUT2D eigenvalue weighted by Crippen LogP contribution is 2.21. The minimum absolute atomic E-state index is 0.131. The van der Waals surface area contributed by atoms with E-state index >= 15 is 0 Å². The second-order valence-corrected chi connectivity index (χ2v) is 4.01. The van der Waals surface area contributed by atoms with Crippen molar-refractivity contribution in [3.05, 3.63) is 12.4 Å². The Morgan fingerprint density at radius 2 is 2.15 bits per heavy atom. The third kappa shape index (κ3) is 1.85. The fourth-order valence-electron chi connectivity index (χ4n) is 1.49. The average Bonchev–Trinajstić information content (AvgIpc) is 2.21. The first-order valence-electron chi connectivity index (χ1n) is 4.78. The summed E-state index contributed by atoms with van der Waals surface area (Å²) in [7, 11) is 0. The van der Waals surface area contributed by atoms with Crippen molar-refractivity contribution in [1.82, 2.24) is 10.2 Å². The van der Waals surface area contributed by atoms with Crippen molar-refractivity contribution in [1.29, 1.82) is 0 Å². The summed E-state index contributed by atoms with van der Waals surface area (Å²) < 4.78 is 0. The van der Waals surface area contributed by atoms with Crippen LogP contribution in [0.1, 0.15) is 33.6 Å². The number of carbonyl (C=O) groups excluding carboxylic acids is 1. The molecule has 0 aromatic rings. The molecule has 74 valence electrons. The van der Waals surface area contributed by atoms with Gasteiger partial charge in [-0.1, -0.05) is 19.9 Å². The minimum Gasteiger partial charge on any atom is -0.358 e. The fraction of sp³-hybridized carbons (Fsp3) is 0.700. The predicted molar refractivity (Wildman–Crippen MR) is 53.0 cm³/mol. The van der Waals surface area contributed by atoms with Crippen molar-refractivity contribution in [2.75, 3.05) is 6.54 Å². The van der Waals surface area contributed by atoms with Gasteiger partial charge in [-0.25, -0.2) is 0 Å². The maximum Gasteiger partial charge on any atom is 0.253 e. The number of carbonyl (C=O) groups is 1. The molecule has 13 heavy (non-hydrogen) atoms. The Balaban J connectivity index is 2.66. The Morgan fingerprint density at radius 1 is 1.54 bits per heavy atom. The van der Waals surface area contributed by atoms with Gasteiger partial charge < -0.3 is 5.32 Å². The SMILES string of the molecule is C=C1NC(C)(C)C(=O)N1CCCC. The zero-order chi connectivity index (χ0) is 10.1. The summed E-state index contributed by atoms with van der Waals surface area (Å²) in [6.07, 6.45) is 2.13. The van der Waals surface area contributed by atoms with E-state index in [0.29, 0.717) is 0 Å². The van der Waals surface area contributed by atoms with Gasteiger partial charge in [-0.2, -0.15) is 0 Å². The summed E-state index contributed by atoms with van der Waals surface area (Å²) >= 11 is 0. The van der Waals surface area contributed by atoms with Crippen LogP contribution in [0.3, 0.4) is 0 Å². The van der Waals surface area contributed by atoms with E-state index in [1.807, 2.05) is 13.8 Å². The molecule has 0 radical (unpaired) electrons. The largest absolute Gasteiger partial charge is 0.358 e. The van der Waals surface area contributed by atoms with E-state index in [-0.39, 0.29) is 5.91 Å². The first-order valence-corrected chi connectivity index (χ1v) is 4.78.